The van der Waals surface area contributed by atoms with Gasteiger partial charge in [0.15, 0.2) is 9.84 Å². The molecule has 2 atom stereocenters. The molecule has 15 heavy (non-hydrogen) atoms. The first-order valence-electron chi connectivity index (χ1n) is 5.88. The highest BCUT2D eigenvalue weighted by Gasteiger charge is 2.45. The molecule has 1 saturated heterocycles. The fourth-order valence-electron chi connectivity index (χ4n) is 3.06. The van der Waals surface area contributed by atoms with Crippen LogP contribution < -0.4 is 5.32 Å². The molecule has 1 N–H and O–H groups in total. The fourth-order valence-corrected chi connectivity index (χ4v) is 5.32. The number of rotatable bonds is 0. The molecule has 0 aromatic carbocycles. The van der Waals surface area contributed by atoms with Gasteiger partial charge in [0.1, 0.15) is 0 Å². The van der Waals surface area contributed by atoms with E-state index in [1.807, 2.05) is 0 Å². The molecule has 3 nitrogen and oxygen atoms in total. The summed E-state index contributed by atoms with van der Waals surface area (Å²) in [5.74, 6) is 0.372. The number of sulfone groups is 1. The molecule has 2 rings (SSSR count). The predicted molar refractivity (Wildman–Crippen MR) is 61.6 cm³/mol. The van der Waals surface area contributed by atoms with Gasteiger partial charge in [0.2, 0.25) is 0 Å². The van der Waals surface area contributed by atoms with Crippen LogP contribution in [-0.4, -0.2) is 32.0 Å². The summed E-state index contributed by atoms with van der Waals surface area (Å²) >= 11 is 0. The molecule has 0 radical (unpaired) electrons. The van der Waals surface area contributed by atoms with Gasteiger partial charge in [-0.3, -0.25) is 0 Å². The van der Waals surface area contributed by atoms with Crippen molar-refractivity contribution in [2.24, 2.45) is 5.41 Å². The van der Waals surface area contributed by atoms with E-state index in [-0.39, 0.29) is 16.7 Å². The van der Waals surface area contributed by atoms with E-state index in [0.29, 0.717) is 5.75 Å². The van der Waals surface area contributed by atoms with E-state index >= 15 is 0 Å². The zero-order chi connectivity index (χ0) is 11.1. The minimum absolute atomic E-state index is 0.125. The molecule has 0 bridgehead atoms. The van der Waals surface area contributed by atoms with Gasteiger partial charge in [-0.25, -0.2) is 8.42 Å². The van der Waals surface area contributed by atoms with Crippen LogP contribution in [0, 0.1) is 5.41 Å². The Morgan fingerprint density at radius 1 is 1.27 bits per heavy atom. The van der Waals surface area contributed by atoms with Crippen molar-refractivity contribution in [2.75, 3.05) is 12.3 Å². The Balaban J connectivity index is 2.33. The second kappa shape index (κ2) is 3.74. The smallest absolute Gasteiger partial charge is 0.154 e. The minimum atomic E-state index is -2.85. The first kappa shape index (κ1) is 11.4. The number of fused-ring (bicyclic) bond motifs is 1. The lowest BCUT2D eigenvalue weighted by Crippen LogP contribution is -2.54. The highest BCUT2D eigenvalue weighted by atomic mass is 32.2. The first-order valence-corrected chi connectivity index (χ1v) is 7.60. The van der Waals surface area contributed by atoms with E-state index in [1.54, 1.807) is 0 Å². The quantitative estimate of drug-likeness (QED) is 0.684. The third kappa shape index (κ3) is 2.07. The highest BCUT2D eigenvalue weighted by molar-refractivity contribution is 7.92. The number of nitrogens with one attached hydrogen (secondary N) is 1. The Hall–Kier alpha value is -0.0900. The Morgan fingerprint density at radius 3 is 2.73 bits per heavy atom. The van der Waals surface area contributed by atoms with Gasteiger partial charge >= 0.3 is 0 Å². The molecule has 2 fully saturated rings. The van der Waals surface area contributed by atoms with E-state index in [9.17, 15) is 8.42 Å². The van der Waals surface area contributed by atoms with Gasteiger partial charge in [0.25, 0.3) is 0 Å². The summed E-state index contributed by atoms with van der Waals surface area (Å²) in [7, 11) is -2.85. The monoisotopic (exact) mass is 231 g/mol. The van der Waals surface area contributed by atoms with Gasteiger partial charge in [-0.15, -0.1) is 0 Å². The minimum Gasteiger partial charge on any atom is -0.312 e. The molecule has 2 aliphatic rings. The molecule has 1 aliphatic heterocycles. The Kier molecular flexibility index (Phi) is 2.84. The van der Waals surface area contributed by atoms with Crippen molar-refractivity contribution in [3.8, 4) is 0 Å². The molecule has 88 valence electrons. The lowest BCUT2D eigenvalue weighted by molar-refractivity contribution is 0.174. The Bertz CT molecular complexity index is 334. The Labute approximate surface area is 92.6 Å². The highest BCUT2D eigenvalue weighted by Crippen LogP contribution is 2.39. The summed E-state index contributed by atoms with van der Waals surface area (Å²) in [6.45, 7) is 5.24. The summed E-state index contributed by atoms with van der Waals surface area (Å²) in [6, 6.07) is 0.166. The zero-order valence-electron chi connectivity index (χ0n) is 9.62. The van der Waals surface area contributed by atoms with E-state index in [0.717, 1.165) is 32.2 Å². The summed E-state index contributed by atoms with van der Waals surface area (Å²) in [5.41, 5.74) is 0.125. The number of hydrogen-bond donors (Lipinski definition) is 1. The maximum absolute atomic E-state index is 12.1. The van der Waals surface area contributed by atoms with Crippen LogP contribution in [-0.2, 0) is 9.84 Å². The van der Waals surface area contributed by atoms with Crippen LogP contribution in [0.5, 0.6) is 0 Å². The van der Waals surface area contributed by atoms with Gasteiger partial charge < -0.3 is 5.32 Å². The van der Waals surface area contributed by atoms with Crippen molar-refractivity contribution in [1.29, 1.82) is 0 Å². The van der Waals surface area contributed by atoms with Crippen LogP contribution in [0.15, 0.2) is 0 Å². The van der Waals surface area contributed by atoms with Crippen molar-refractivity contribution >= 4 is 9.84 Å². The molecule has 1 heterocycles. The molecule has 4 heteroatoms. The van der Waals surface area contributed by atoms with E-state index < -0.39 is 9.84 Å². The normalized spacial score (nSPS) is 39.1. The molecule has 1 aliphatic carbocycles. The van der Waals surface area contributed by atoms with Crippen molar-refractivity contribution < 1.29 is 8.42 Å². The maximum Gasteiger partial charge on any atom is 0.154 e. The number of hydrogen-bond acceptors (Lipinski definition) is 3. The van der Waals surface area contributed by atoms with Gasteiger partial charge in [0, 0.05) is 6.04 Å². The average Bonchev–Trinajstić information content (AvgIpc) is 2.26. The SMILES string of the molecule is CC1(C)CCCC2C1NCCCS2(=O)=O. The van der Waals surface area contributed by atoms with Crippen LogP contribution >= 0.6 is 0 Å². The van der Waals surface area contributed by atoms with Crippen molar-refractivity contribution in [1.82, 2.24) is 5.32 Å². The topological polar surface area (TPSA) is 46.2 Å². The third-order valence-electron chi connectivity index (χ3n) is 3.95. The largest absolute Gasteiger partial charge is 0.312 e. The average molecular weight is 231 g/mol. The molecule has 0 spiro atoms. The van der Waals surface area contributed by atoms with Crippen LogP contribution in [0.3, 0.4) is 0 Å². The lowest BCUT2D eigenvalue weighted by atomic mass is 9.73. The van der Waals surface area contributed by atoms with Crippen molar-refractivity contribution in [3.63, 3.8) is 0 Å². The van der Waals surface area contributed by atoms with Crippen LogP contribution in [0.4, 0.5) is 0 Å². The summed E-state index contributed by atoms with van der Waals surface area (Å²) < 4.78 is 24.2. The van der Waals surface area contributed by atoms with Crippen LogP contribution in [0.2, 0.25) is 0 Å². The van der Waals surface area contributed by atoms with Crippen molar-refractivity contribution in [2.45, 2.75) is 50.8 Å². The molecule has 2 unspecified atom stereocenters. The Morgan fingerprint density at radius 2 is 2.00 bits per heavy atom. The third-order valence-corrected chi connectivity index (χ3v) is 6.24. The molecular weight excluding hydrogens is 210 g/mol. The second-order valence-corrected chi connectivity index (χ2v) is 7.91. The lowest BCUT2D eigenvalue weighted by Gasteiger charge is -2.43. The zero-order valence-corrected chi connectivity index (χ0v) is 10.4. The first-order chi connectivity index (χ1) is 6.93. The van der Waals surface area contributed by atoms with Crippen LogP contribution in [0.1, 0.15) is 39.5 Å². The molecule has 0 aromatic heterocycles. The molecule has 0 amide bonds. The van der Waals surface area contributed by atoms with Gasteiger partial charge in [-0.05, 0) is 31.2 Å². The van der Waals surface area contributed by atoms with Gasteiger partial charge in [0.05, 0.1) is 11.0 Å². The van der Waals surface area contributed by atoms with E-state index in [1.165, 1.54) is 0 Å². The maximum atomic E-state index is 12.1. The summed E-state index contributed by atoms with van der Waals surface area (Å²) in [5, 5.41) is 3.31. The molecule has 1 saturated carbocycles. The summed E-state index contributed by atoms with van der Waals surface area (Å²) in [4.78, 5) is 0. The standard InChI is InChI=1S/C11H21NO2S/c1-11(2)6-3-5-9-10(11)12-7-4-8-15(9,13)14/h9-10,12H,3-8H2,1-2H3. The molecule has 0 aromatic rings. The van der Waals surface area contributed by atoms with E-state index in [4.69, 9.17) is 0 Å². The van der Waals surface area contributed by atoms with E-state index in [2.05, 4.69) is 19.2 Å². The summed E-state index contributed by atoms with van der Waals surface area (Å²) in [6.07, 6.45) is 3.81. The van der Waals surface area contributed by atoms with Crippen LogP contribution in [0.25, 0.3) is 0 Å². The molecular formula is C11H21NO2S. The second-order valence-electron chi connectivity index (χ2n) is 5.57. The predicted octanol–water partition coefficient (Wildman–Crippen LogP) is 1.34. The van der Waals surface area contributed by atoms with Gasteiger partial charge in [-0.2, -0.15) is 0 Å². The fraction of sp³-hybridized carbons (Fsp3) is 1.00. The van der Waals surface area contributed by atoms with Gasteiger partial charge in [-0.1, -0.05) is 20.3 Å². The van der Waals surface area contributed by atoms with Crippen molar-refractivity contribution in [3.05, 3.63) is 0 Å².